The lowest BCUT2D eigenvalue weighted by Gasteiger charge is -2.08. The summed E-state index contributed by atoms with van der Waals surface area (Å²) in [7, 11) is 0. The van der Waals surface area contributed by atoms with Crippen LogP contribution in [0.1, 0.15) is 10.5 Å². The fraction of sp³-hybridized carbons (Fsp3) is 0. The fourth-order valence-corrected chi connectivity index (χ4v) is 1.99. The quantitative estimate of drug-likeness (QED) is 0.771. The number of benzene rings is 1. The van der Waals surface area contributed by atoms with Gasteiger partial charge in [-0.25, -0.2) is 18.7 Å². The molecule has 8 heteroatoms. The molecule has 6 nitrogen and oxygen atoms in total. The molecule has 0 fully saturated rings. The minimum absolute atomic E-state index is 0.0808. The molecule has 24 heavy (non-hydrogen) atoms. The summed E-state index contributed by atoms with van der Waals surface area (Å²) < 4.78 is 26.4. The van der Waals surface area contributed by atoms with Gasteiger partial charge in [-0.2, -0.15) is 0 Å². The average Bonchev–Trinajstić information content (AvgIpc) is 2.58. The molecule has 2 aromatic heterocycles. The number of hydrogen-bond acceptors (Lipinski definition) is 5. The molecule has 1 amide bonds. The van der Waals surface area contributed by atoms with E-state index in [1.165, 1.54) is 18.5 Å². The van der Waals surface area contributed by atoms with Gasteiger partial charge in [-0.15, -0.1) is 0 Å². The summed E-state index contributed by atoms with van der Waals surface area (Å²) in [4.78, 5) is 24.2. The Labute approximate surface area is 135 Å². The van der Waals surface area contributed by atoms with Crippen LogP contribution in [0.4, 0.5) is 20.3 Å². The second-order valence-electron chi connectivity index (χ2n) is 4.81. The van der Waals surface area contributed by atoms with Gasteiger partial charge in [0.15, 0.2) is 23.1 Å². The summed E-state index contributed by atoms with van der Waals surface area (Å²) in [6.45, 7) is 0. The first-order valence-corrected chi connectivity index (χ1v) is 6.84. The number of nitrogens with one attached hydrogen (secondary N) is 1. The van der Waals surface area contributed by atoms with Gasteiger partial charge in [-0.3, -0.25) is 9.78 Å². The molecule has 0 unspecified atom stereocenters. The first-order chi connectivity index (χ1) is 11.5. The van der Waals surface area contributed by atoms with Crippen LogP contribution in [0.25, 0.3) is 11.3 Å². The summed E-state index contributed by atoms with van der Waals surface area (Å²) in [5.74, 6) is -2.66. The number of hydrogen-bond donors (Lipinski definition) is 2. The monoisotopic (exact) mass is 327 g/mol. The Morgan fingerprint density at radius 2 is 1.96 bits per heavy atom. The summed E-state index contributed by atoms with van der Waals surface area (Å²) >= 11 is 0. The van der Waals surface area contributed by atoms with Crippen LogP contribution in [0.5, 0.6) is 0 Å². The molecule has 2 heterocycles. The third kappa shape index (κ3) is 3.17. The number of amides is 1. The molecule has 0 saturated carbocycles. The highest BCUT2D eigenvalue weighted by molar-refractivity contribution is 6.05. The Hall–Kier alpha value is -3.42. The molecular formula is C16H11F2N5O. The molecule has 0 atom stereocenters. The second-order valence-corrected chi connectivity index (χ2v) is 4.81. The number of carbonyl (C=O) groups is 1. The van der Waals surface area contributed by atoms with Gasteiger partial charge in [0, 0.05) is 11.8 Å². The Morgan fingerprint density at radius 1 is 1.12 bits per heavy atom. The minimum Gasteiger partial charge on any atom is -0.382 e. The molecule has 0 aliphatic carbocycles. The Morgan fingerprint density at radius 3 is 2.67 bits per heavy atom. The SMILES string of the molecule is Nc1ncc(-c2ccc(F)c(F)c2)nc1C(=O)Nc1cccnc1. The molecular weight excluding hydrogens is 316 g/mol. The van der Waals surface area contributed by atoms with Crippen molar-refractivity contribution in [1.29, 1.82) is 0 Å². The summed E-state index contributed by atoms with van der Waals surface area (Å²) in [5, 5.41) is 2.58. The molecule has 120 valence electrons. The van der Waals surface area contributed by atoms with Gasteiger partial charge in [0.25, 0.3) is 5.91 Å². The maximum Gasteiger partial charge on any atom is 0.278 e. The smallest absolute Gasteiger partial charge is 0.278 e. The molecule has 3 rings (SSSR count). The van der Waals surface area contributed by atoms with E-state index in [-0.39, 0.29) is 22.8 Å². The zero-order chi connectivity index (χ0) is 17.1. The fourth-order valence-electron chi connectivity index (χ4n) is 1.99. The van der Waals surface area contributed by atoms with E-state index in [1.807, 2.05) is 0 Å². The molecule has 0 saturated heterocycles. The predicted molar refractivity (Wildman–Crippen MR) is 84.0 cm³/mol. The van der Waals surface area contributed by atoms with Crippen molar-refractivity contribution in [2.24, 2.45) is 0 Å². The van der Waals surface area contributed by atoms with Crippen molar-refractivity contribution in [3.05, 3.63) is 66.3 Å². The van der Waals surface area contributed by atoms with Crippen LogP contribution in [-0.2, 0) is 0 Å². The first kappa shape index (κ1) is 15.5. The number of aromatic nitrogens is 3. The van der Waals surface area contributed by atoms with Crippen LogP contribution < -0.4 is 11.1 Å². The number of halogens is 2. The van der Waals surface area contributed by atoms with Crippen molar-refractivity contribution in [2.75, 3.05) is 11.1 Å². The molecule has 0 aliphatic rings. The number of pyridine rings is 1. The number of nitrogen functional groups attached to an aromatic ring is 1. The van der Waals surface area contributed by atoms with E-state index in [1.54, 1.807) is 18.3 Å². The van der Waals surface area contributed by atoms with Crippen LogP contribution in [0, 0.1) is 11.6 Å². The summed E-state index contributed by atoms with van der Waals surface area (Å²) in [6, 6.07) is 6.58. The number of nitrogens with zero attached hydrogens (tertiary/aromatic N) is 3. The van der Waals surface area contributed by atoms with Crippen LogP contribution in [0.15, 0.2) is 48.9 Å². The average molecular weight is 327 g/mol. The Balaban J connectivity index is 1.94. The maximum atomic E-state index is 13.4. The molecule has 0 aliphatic heterocycles. The van der Waals surface area contributed by atoms with Crippen LogP contribution in [0.3, 0.4) is 0 Å². The van der Waals surface area contributed by atoms with Crippen molar-refractivity contribution < 1.29 is 13.6 Å². The molecule has 1 aromatic carbocycles. The molecule has 0 bridgehead atoms. The van der Waals surface area contributed by atoms with E-state index in [9.17, 15) is 13.6 Å². The zero-order valence-electron chi connectivity index (χ0n) is 12.2. The molecule has 0 radical (unpaired) electrons. The van der Waals surface area contributed by atoms with Crippen molar-refractivity contribution in [3.8, 4) is 11.3 Å². The van der Waals surface area contributed by atoms with Gasteiger partial charge in [0.1, 0.15) is 0 Å². The van der Waals surface area contributed by atoms with Crippen LogP contribution in [0.2, 0.25) is 0 Å². The number of nitrogens with two attached hydrogens (primary N) is 1. The van der Waals surface area contributed by atoms with E-state index in [0.717, 1.165) is 12.1 Å². The van der Waals surface area contributed by atoms with E-state index < -0.39 is 17.5 Å². The van der Waals surface area contributed by atoms with E-state index in [2.05, 4.69) is 20.3 Å². The minimum atomic E-state index is -1.02. The van der Waals surface area contributed by atoms with Crippen molar-refractivity contribution in [2.45, 2.75) is 0 Å². The molecule has 3 aromatic rings. The lowest BCUT2D eigenvalue weighted by Crippen LogP contribution is -2.17. The third-order valence-electron chi connectivity index (χ3n) is 3.15. The van der Waals surface area contributed by atoms with Gasteiger partial charge in [-0.1, -0.05) is 0 Å². The highest BCUT2D eigenvalue weighted by atomic mass is 19.2. The van der Waals surface area contributed by atoms with Gasteiger partial charge < -0.3 is 11.1 Å². The number of rotatable bonds is 3. The number of anilines is 2. The number of carbonyl (C=O) groups excluding carboxylic acids is 1. The molecule has 3 N–H and O–H groups in total. The normalized spacial score (nSPS) is 10.4. The van der Waals surface area contributed by atoms with Crippen LogP contribution in [-0.4, -0.2) is 20.9 Å². The van der Waals surface area contributed by atoms with Gasteiger partial charge in [0.2, 0.25) is 0 Å². The molecule has 0 spiro atoms. The maximum absolute atomic E-state index is 13.4. The van der Waals surface area contributed by atoms with Crippen molar-refractivity contribution in [1.82, 2.24) is 15.0 Å². The first-order valence-electron chi connectivity index (χ1n) is 6.84. The largest absolute Gasteiger partial charge is 0.382 e. The topological polar surface area (TPSA) is 93.8 Å². The lowest BCUT2D eigenvalue weighted by atomic mass is 10.1. The Kier molecular flexibility index (Phi) is 4.11. The third-order valence-corrected chi connectivity index (χ3v) is 3.15. The highest BCUT2D eigenvalue weighted by Crippen LogP contribution is 2.21. The second kappa shape index (κ2) is 6.37. The van der Waals surface area contributed by atoms with Gasteiger partial charge in [-0.05, 0) is 30.3 Å². The van der Waals surface area contributed by atoms with Gasteiger partial charge in [0.05, 0.1) is 23.8 Å². The predicted octanol–water partition coefficient (Wildman–Crippen LogP) is 2.65. The lowest BCUT2D eigenvalue weighted by molar-refractivity contribution is 0.102. The van der Waals surface area contributed by atoms with E-state index in [0.29, 0.717) is 5.69 Å². The van der Waals surface area contributed by atoms with Gasteiger partial charge >= 0.3 is 0 Å². The van der Waals surface area contributed by atoms with E-state index >= 15 is 0 Å². The summed E-state index contributed by atoms with van der Waals surface area (Å²) in [6.07, 6.45) is 4.30. The zero-order valence-corrected chi connectivity index (χ0v) is 12.2. The van der Waals surface area contributed by atoms with Crippen LogP contribution >= 0.6 is 0 Å². The Bertz CT molecular complexity index is 902. The van der Waals surface area contributed by atoms with Crippen molar-refractivity contribution >= 4 is 17.4 Å². The van der Waals surface area contributed by atoms with E-state index in [4.69, 9.17) is 5.73 Å². The standard InChI is InChI=1S/C16H11F2N5O/c17-11-4-3-9(6-12(11)18)13-8-21-15(19)14(23-13)16(24)22-10-2-1-5-20-7-10/h1-8H,(H2,19,21)(H,22,24). The van der Waals surface area contributed by atoms with Crippen molar-refractivity contribution in [3.63, 3.8) is 0 Å². The highest BCUT2D eigenvalue weighted by Gasteiger charge is 2.16. The summed E-state index contributed by atoms with van der Waals surface area (Å²) in [5.41, 5.74) is 6.50.